The van der Waals surface area contributed by atoms with Crippen LogP contribution in [-0.4, -0.2) is 0 Å². The van der Waals surface area contributed by atoms with Gasteiger partial charge in [-0.2, -0.15) is 0 Å². The Kier molecular flexibility index (Phi) is 4.44. The molecule has 0 saturated carbocycles. The average Bonchev–Trinajstić information content (AvgIpc) is 2.42. The van der Waals surface area contributed by atoms with Crippen molar-refractivity contribution in [2.45, 2.75) is 12.1 Å². The molecule has 0 aromatic heterocycles. The number of hydrogen-bond acceptors (Lipinski definition) is 2. The van der Waals surface area contributed by atoms with Crippen LogP contribution in [0.25, 0.3) is 0 Å². The van der Waals surface area contributed by atoms with E-state index in [4.69, 9.17) is 5.73 Å². The Balaban J connectivity index is 2.25. The number of rotatable bonds is 4. The first-order valence-corrected chi connectivity index (χ1v) is 6.40. The molecule has 0 amide bonds. The normalized spacial score (nSPS) is 14.2. The second-order valence-electron chi connectivity index (χ2n) is 3.93. The Bertz CT molecular complexity index is 444. The molecule has 2 aromatic carbocycles. The van der Waals surface area contributed by atoms with Crippen LogP contribution in [-0.2, 0) is 18.5 Å². The second kappa shape index (κ2) is 6.06. The van der Waals surface area contributed by atoms with Crippen LogP contribution in [0.4, 0.5) is 0 Å². The van der Waals surface area contributed by atoms with Crippen molar-refractivity contribution >= 4 is 0 Å². The molecule has 0 fully saturated rings. The Hall–Kier alpha value is -1.02. The number of hydrogen-bond donors (Lipinski definition) is 2. The van der Waals surface area contributed by atoms with E-state index >= 15 is 0 Å². The van der Waals surface area contributed by atoms with Crippen molar-refractivity contribution in [2.75, 3.05) is 0 Å². The first kappa shape index (κ1) is 12.4. The van der Waals surface area contributed by atoms with Crippen molar-refractivity contribution in [2.24, 2.45) is 5.73 Å². The summed E-state index contributed by atoms with van der Waals surface area (Å²) in [4.78, 5) is 0. The molecule has 0 spiro atoms. The van der Waals surface area contributed by atoms with Gasteiger partial charge in [0.25, 0.3) is 0 Å². The molecule has 2 unspecified atom stereocenters. The van der Waals surface area contributed by atoms with Crippen LogP contribution in [0.15, 0.2) is 60.7 Å². The molecule has 0 bridgehead atoms. The topological polar surface area (TPSA) is 38.0 Å². The van der Waals surface area contributed by atoms with Gasteiger partial charge in [-0.25, -0.2) is 0 Å². The Morgan fingerprint density at radius 3 is 1.76 bits per heavy atom. The van der Waals surface area contributed by atoms with Crippen LogP contribution in [0, 0.1) is 0 Å². The molecule has 2 rings (SSSR count). The maximum absolute atomic E-state index is 6.31. The molecule has 89 valence electrons. The minimum atomic E-state index is -0.0558. The summed E-state index contributed by atoms with van der Waals surface area (Å²) in [6.45, 7) is 0. The van der Waals surface area contributed by atoms with E-state index in [0.29, 0.717) is 0 Å². The molecule has 2 aromatic rings. The first-order chi connectivity index (χ1) is 8.33. The fourth-order valence-corrected chi connectivity index (χ4v) is 2.46. The van der Waals surface area contributed by atoms with Crippen molar-refractivity contribution in [3.8, 4) is 0 Å². The zero-order valence-corrected chi connectivity index (χ0v) is 11.1. The van der Waals surface area contributed by atoms with Crippen molar-refractivity contribution < 1.29 is 18.5 Å². The summed E-state index contributed by atoms with van der Waals surface area (Å²) in [5, 5.41) is 0. The van der Waals surface area contributed by atoms with Gasteiger partial charge in [0, 0.05) is 0 Å². The minimum absolute atomic E-state index is 0.0558. The van der Waals surface area contributed by atoms with Gasteiger partial charge in [0.05, 0.1) is 0 Å². The summed E-state index contributed by atoms with van der Waals surface area (Å²) < 4.78 is 3.22. The van der Waals surface area contributed by atoms with E-state index < -0.39 is 0 Å². The van der Waals surface area contributed by atoms with Crippen LogP contribution in [0.1, 0.15) is 23.2 Å². The average molecular weight is 312 g/mol. The van der Waals surface area contributed by atoms with Crippen molar-refractivity contribution in [1.82, 2.24) is 4.06 Å². The fraction of sp³-hybridized carbons (Fsp3) is 0.143. The van der Waals surface area contributed by atoms with Gasteiger partial charge in [0.2, 0.25) is 0 Å². The van der Waals surface area contributed by atoms with Gasteiger partial charge in [0.15, 0.2) is 0 Å². The summed E-state index contributed by atoms with van der Waals surface area (Å²) in [6, 6.07) is 20.5. The molecule has 2 nitrogen and oxygen atoms in total. The van der Waals surface area contributed by atoms with Gasteiger partial charge >= 0.3 is 112 Å². The monoisotopic (exact) mass is 313 g/mol. The zero-order chi connectivity index (χ0) is 12.1. The van der Waals surface area contributed by atoms with E-state index in [-0.39, 0.29) is 12.1 Å². The van der Waals surface area contributed by atoms with Crippen LogP contribution in [0.2, 0.25) is 0 Å². The van der Waals surface area contributed by atoms with Crippen LogP contribution in [0.3, 0.4) is 0 Å². The van der Waals surface area contributed by atoms with Crippen molar-refractivity contribution in [3.63, 3.8) is 0 Å². The third-order valence-corrected chi connectivity index (χ3v) is 3.35. The Morgan fingerprint density at radius 2 is 1.29 bits per heavy atom. The van der Waals surface area contributed by atoms with Crippen LogP contribution >= 0.6 is 0 Å². The van der Waals surface area contributed by atoms with E-state index in [1.54, 1.807) is 0 Å². The molecular weight excluding hydrogens is 297 g/mol. The van der Waals surface area contributed by atoms with Gasteiger partial charge in [-0.05, 0) is 0 Å². The van der Waals surface area contributed by atoms with Crippen molar-refractivity contribution in [3.05, 3.63) is 71.8 Å². The van der Waals surface area contributed by atoms with Gasteiger partial charge in [0.1, 0.15) is 0 Å². The third-order valence-electron chi connectivity index (χ3n) is 2.81. The molecular formula is C14H15N2Ru. The molecule has 17 heavy (non-hydrogen) atoms. The van der Waals surface area contributed by atoms with E-state index in [1.807, 2.05) is 36.4 Å². The number of nitrogens with two attached hydrogens (primary N) is 1. The van der Waals surface area contributed by atoms with E-state index in [9.17, 15) is 0 Å². The van der Waals surface area contributed by atoms with Gasteiger partial charge in [-0.15, -0.1) is 0 Å². The van der Waals surface area contributed by atoms with E-state index in [0.717, 1.165) is 5.56 Å². The number of nitrogens with one attached hydrogen (secondary N) is 1. The zero-order valence-electron chi connectivity index (χ0n) is 9.36. The third kappa shape index (κ3) is 3.01. The summed E-state index contributed by atoms with van der Waals surface area (Å²) in [7, 11) is 0. The molecule has 3 N–H and O–H groups in total. The van der Waals surface area contributed by atoms with Gasteiger partial charge in [-0.3, -0.25) is 0 Å². The fourth-order valence-electron chi connectivity index (χ4n) is 1.86. The summed E-state index contributed by atoms with van der Waals surface area (Å²) in [6.07, 6.45) is 0. The molecule has 0 saturated heterocycles. The van der Waals surface area contributed by atoms with Gasteiger partial charge < -0.3 is 0 Å². The molecule has 2 atom stereocenters. The predicted octanol–water partition coefficient (Wildman–Crippen LogP) is 2.48. The summed E-state index contributed by atoms with van der Waals surface area (Å²) >= 11 is 2.46. The summed E-state index contributed by atoms with van der Waals surface area (Å²) in [5.41, 5.74) is 8.64. The Labute approximate surface area is 112 Å². The van der Waals surface area contributed by atoms with Gasteiger partial charge in [-0.1, -0.05) is 0 Å². The number of benzene rings is 2. The maximum atomic E-state index is 6.31. The predicted molar refractivity (Wildman–Crippen MR) is 65.7 cm³/mol. The van der Waals surface area contributed by atoms with E-state index in [1.165, 1.54) is 5.56 Å². The molecule has 0 radical (unpaired) electrons. The first-order valence-electron chi connectivity index (χ1n) is 5.53. The molecule has 0 aliphatic rings. The van der Waals surface area contributed by atoms with E-state index in [2.05, 4.69) is 46.9 Å². The second-order valence-corrected chi connectivity index (χ2v) is 4.43. The van der Waals surface area contributed by atoms with Crippen molar-refractivity contribution in [1.29, 1.82) is 0 Å². The molecule has 0 aliphatic heterocycles. The summed E-state index contributed by atoms with van der Waals surface area (Å²) in [5.74, 6) is 0. The standard InChI is InChI=1S/C14H15N2.Ru/c15-13(11-7-3-1-4-8-11)14(16)12-9-5-2-6-10-12;/h1-10,13-15H,16H2;/q-1;+1. The SMILES string of the molecule is NC(c1ccccc1)C([NH][Ru])c1ccccc1. The molecule has 3 heteroatoms. The Morgan fingerprint density at radius 1 is 0.824 bits per heavy atom. The molecule has 0 heterocycles. The van der Waals surface area contributed by atoms with Crippen LogP contribution < -0.4 is 9.79 Å². The quantitative estimate of drug-likeness (QED) is 0.851. The molecule has 0 aliphatic carbocycles. The van der Waals surface area contributed by atoms with Crippen LogP contribution in [0.5, 0.6) is 0 Å².